The summed E-state index contributed by atoms with van der Waals surface area (Å²) in [6.07, 6.45) is 3.99. The van der Waals surface area contributed by atoms with Crippen molar-refractivity contribution in [1.82, 2.24) is 24.6 Å². The number of hydrogen-bond acceptors (Lipinski definition) is 10. The summed E-state index contributed by atoms with van der Waals surface area (Å²) in [6, 6.07) is 10.7. The van der Waals surface area contributed by atoms with E-state index in [1.54, 1.807) is 29.2 Å². The highest BCUT2D eigenvalue weighted by molar-refractivity contribution is 7.91. The van der Waals surface area contributed by atoms with Crippen LogP contribution in [0.2, 0.25) is 0 Å². The van der Waals surface area contributed by atoms with Crippen molar-refractivity contribution in [1.29, 1.82) is 0 Å². The summed E-state index contributed by atoms with van der Waals surface area (Å²) in [5.74, 6) is 0.568. The maximum atomic E-state index is 13.2. The Morgan fingerprint density at radius 1 is 1.12 bits per heavy atom. The van der Waals surface area contributed by atoms with Gasteiger partial charge in [-0.1, -0.05) is 18.7 Å². The molecule has 14 heteroatoms. The van der Waals surface area contributed by atoms with Crippen LogP contribution >= 0.6 is 0 Å². The standard InChI is InChI=1S/C29H32N8O5S/c1-4-23(38)36-13-11-20(12-14-36)37-25(24-28(30)31-16-32-29(24)33-37)21-9-10-22(27-26(21)41-17-42-27)34-43(39,40)15-18-5-7-19(8-6-18)35(2)3/h4-10,16,20,34H,1,11-15,17H2,2-3H3,(H2,30,31,32,33). The highest BCUT2D eigenvalue weighted by Crippen LogP contribution is 2.49. The van der Waals surface area contributed by atoms with Crippen LogP contribution in [0.25, 0.3) is 22.3 Å². The molecule has 43 heavy (non-hydrogen) atoms. The zero-order valence-electron chi connectivity index (χ0n) is 23.9. The van der Waals surface area contributed by atoms with Gasteiger partial charge in [0.05, 0.1) is 28.6 Å². The van der Waals surface area contributed by atoms with Gasteiger partial charge >= 0.3 is 0 Å². The van der Waals surface area contributed by atoms with E-state index in [0.717, 1.165) is 5.69 Å². The Labute approximate surface area is 249 Å². The quantitative estimate of drug-likeness (QED) is 0.286. The Balaban J connectivity index is 1.35. The minimum absolute atomic E-state index is 0.0625. The number of rotatable bonds is 8. The highest BCUT2D eigenvalue weighted by Gasteiger charge is 2.32. The van der Waals surface area contributed by atoms with Gasteiger partial charge in [0.15, 0.2) is 17.1 Å². The summed E-state index contributed by atoms with van der Waals surface area (Å²) in [7, 11) is 0.0588. The molecule has 1 fully saturated rings. The molecule has 2 aliphatic heterocycles. The number of carbonyl (C=O) groups is 1. The summed E-state index contributed by atoms with van der Waals surface area (Å²) in [4.78, 5) is 24.4. The Hall–Kier alpha value is -4.85. The van der Waals surface area contributed by atoms with Crippen LogP contribution < -0.4 is 24.8 Å². The molecule has 2 aromatic carbocycles. The Morgan fingerprint density at radius 2 is 1.84 bits per heavy atom. The molecule has 0 spiro atoms. The molecule has 13 nitrogen and oxygen atoms in total. The van der Waals surface area contributed by atoms with Crippen LogP contribution in [0.3, 0.4) is 0 Å². The number of hydrogen-bond donors (Lipinski definition) is 2. The first-order chi connectivity index (χ1) is 20.6. The fraction of sp³-hybridized carbons (Fsp3) is 0.310. The van der Waals surface area contributed by atoms with E-state index in [0.29, 0.717) is 59.5 Å². The van der Waals surface area contributed by atoms with Crippen LogP contribution in [-0.2, 0) is 20.6 Å². The second kappa shape index (κ2) is 11.1. The third kappa shape index (κ3) is 5.41. The number of benzene rings is 2. The molecular formula is C29H32N8O5S. The lowest BCUT2D eigenvalue weighted by Crippen LogP contribution is -2.38. The number of piperidine rings is 1. The van der Waals surface area contributed by atoms with Crippen LogP contribution in [0.4, 0.5) is 17.2 Å². The van der Waals surface area contributed by atoms with Gasteiger partial charge in [-0.3, -0.25) is 14.2 Å². The predicted molar refractivity (Wildman–Crippen MR) is 163 cm³/mol. The van der Waals surface area contributed by atoms with Crippen LogP contribution in [0.15, 0.2) is 55.4 Å². The van der Waals surface area contributed by atoms with Crippen LogP contribution in [0.5, 0.6) is 11.5 Å². The highest BCUT2D eigenvalue weighted by atomic mass is 32.2. The third-order valence-electron chi connectivity index (χ3n) is 7.67. The number of nitrogens with zero attached hydrogens (tertiary/aromatic N) is 6. The van der Waals surface area contributed by atoms with E-state index in [4.69, 9.17) is 20.3 Å². The summed E-state index contributed by atoms with van der Waals surface area (Å²) in [5, 5.41) is 5.34. The fourth-order valence-electron chi connectivity index (χ4n) is 5.52. The first-order valence-electron chi connectivity index (χ1n) is 13.7. The van der Waals surface area contributed by atoms with E-state index < -0.39 is 10.0 Å². The molecule has 0 aliphatic carbocycles. The number of likely N-dealkylation sites (tertiary alicyclic amines) is 1. The van der Waals surface area contributed by atoms with E-state index in [2.05, 4.69) is 21.3 Å². The van der Waals surface area contributed by atoms with Crippen molar-refractivity contribution in [2.45, 2.75) is 24.6 Å². The Bertz CT molecular complexity index is 1810. The molecule has 3 N–H and O–H groups in total. The SMILES string of the molecule is C=CC(=O)N1CCC(n2nc3ncnc(N)c3c2-c2ccc(NS(=O)(=O)Cc3ccc(N(C)C)cc3)c3c2OCO3)CC1. The zero-order chi connectivity index (χ0) is 30.3. The van der Waals surface area contributed by atoms with Crippen molar-refractivity contribution in [3.8, 4) is 22.8 Å². The van der Waals surface area contributed by atoms with Crippen molar-refractivity contribution in [3.63, 3.8) is 0 Å². The number of carbonyl (C=O) groups excluding carboxylic acids is 1. The lowest BCUT2D eigenvalue weighted by molar-refractivity contribution is -0.127. The topological polar surface area (TPSA) is 158 Å². The number of nitrogens with one attached hydrogen (secondary N) is 1. The zero-order valence-corrected chi connectivity index (χ0v) is 24.7. The van der Waals surface area contributed by atoms with Gasteiger partial charge in [0.2, 0.25) is 22.7 Å². The van der Waals surface area contributed by atoms with Gasteiger partial charge in [-0.25, -0.2) is 18.4 Å². The van der Waals surface area contributed by atoms with Crippen LogP contribution in [-0.4, -0.2) is 73.0 Å². The molecule has 1 saturated heterocycles. The molecule has 1 amide bonds. The normalized spacial score (nSPS) is 15.1. The lowest BCUT2D eigenvalue weighted by atomic mass is 10.0. The van der Waals surface area contributed by atoms with Gasteiger partial charge in [-0.15, -0.1) is 0 Å². The summed E-state index contributed by atoms with van der Waals surface area (Å²) in [6.45, 7) is 4.59. The number of ether oxygens (including phenoxy) is 2. The maximum absolute atomic E-state index is 13.2. The molecule has 4 heterocycles. The fourth-order valence-corrected chi connectivity index (χ4v) is 6.72. The largest absolute Gasteiger partial charge is 0.453 e. The number of anilines is 3. The van der Waals surface area contributed by atoms with Crippen molar-refractivity contribution in [2.24, 2.45) is 0 Å². The van der Waals surface area contributed by atoms with Crippen molar-refractivity contribution in [3.05, 3.63) is 60.9 Å². The lowest BCUT2D eigenvalue weighted by Gasteiger charge is -2.32. The molecule has 0 atom stereocenters. The number of nitrogen functional groups attached to an aromatic ring is 1. The first-order valence-corrected chi connectivity index (χ1v) is 15.4. The van der Waals surface area contributed by atoms with E-state index in [1.807, 2.05) is 35.8 Å². The molecule has 2 aliphatic rings. The van der Waals surface area contributed by atoms with Crippen molar-refractivity contribution in [2.75, 3.05) is 49.3 Å². The molecule has 6 rings (SSSR count). The average molecular weight is 605 g/mol. The van der Waals surface area contributed by atoms with Crippen molar-refractivity contribution >= 4 is 44.2 Å². The van der Waals surface area contributed by atoms with Crippen LogP contribution in [0, 0.1) is 0 Å². The summed E-state index contributed by atoms with van der Waals surface area (Å²) in [5.41, 5.74) is 9.90. The number of sulfonamides is 1. The molecule has 0 saturated carbocycles. The Morgan fingerprint density at radius 3 is 2.53 bits per heavy atom. The molecule has 0 unspecified atom stereocenters. The smallest absolute Gasteiger partial charge is 0.245 e. The minimum atomic E-state index is -3.79. The third-order valence-corrected chi connectivity index (χ3v) is 8.91. The molecule has 2 aromatic heterocycles. The summed E-state index contributed by atoms with van der Waals surface area (Å²) >= 11 is 0. The van der Waals surface area contributed by atoms with E-state index >= 15 is 0 Å². The van der Waals surface area contributed by atoms with Gasteiger partial charge < -0.3 is 25.0 Å². The van der Waals surface area contributed by atoms with Crippen molar-refractivity contribution < 1.29 is 22.7 Å². The predicted octanol–water partition coefficient (Wildman–Crippen LogP) is 3.16. The van der Waals surface area contributed by atoms with Gasteiger partial charge in [-0.2, -0.15) is 5.10 Å². The van der Waals surface area contributed by atoms with Gasteiger partial charge in [0, 0.05) is 38.4 Å². The molecule has 0 radical (unpaired) electrons. The van der Waals surface area contributed by atoms with Crippen LogP contribution in [0.1, 0.15) is 24.4 Å². The Kier molecular flexibility index (Phi) is 7.30. The van der Waals surface area contributed by atoms with Gasteiger partial charge in [-0.05, 0) is 48.7 Å². The summed E-state index contributed by atoms with van der Waals surface area (Å²) < 4.78 is 42.6. The molecule has 0 bridgehead atoms. The van der Waals surface area contributed by atoms with E-state index in [1.165, 1.54) is 12.4 Å². The van der Waals surface area contributed by atoms with E-state index in [9.17, 15) is 13.2 Å². The monoisotopic (exact) mass is 604 g/mol. The molecule has 4 aromatic rings. The molecular weight excluding hydrogens is 572 g/mol. The number of nitrogens with two attached hydrogens (primary N) is 1. The minimum Gasteiger partial charge on any atom is -0.453 e. The number of amides is 1. The van der Waals surface area contributed by atoms with Gasteiger partial charge in [0.1, 0.15) is 12.1 Å². The second-order valence-corrected chi connectivity index (χ2v) is 12.4. The first kappa shape index (κ1) is 28.3. The molecule has 224 valence electrons. The van der Waals surface area contributed by atoms with E-state index in [-0.39, 0.29) is 41.7 Å². The number of fused-ring (bicyclic) bond motifs is 2. The average Bonchev–Trinajstić information content (AvgIpc) is 3.64. The maximum Gasteiger partial charge on any atom is 0.245 e. The second-order valence-electron chi connectivity index (χ2n) is 10.7. The van der Waals surface area contributed by atoms with Gasteiger partial charge in [0.25, 0.3) is 0 Å². The number of aromatic nitrogens is 4.